The van der Waals surface area contributed by atoms with E-state index in [9.17, 15) is 101 Å². The Hall–Kier alpha value is -4.40. The first-order valence-corrected chi connectivity index (χ1v) is 35.6. The van der Waals surface area contributed by atoms with Gasteiger partial charge in [-0.2, -0.15) is 0 Å². The molecule has 602 valence electrons. The van der Waals surface area contributed by atoms with Gasteiger partial charge in [-0.25, -0.2) is 0 Å². The number of aliphatic hydroxyl groups excluding tert-OH is 16. The zero-order chi connectivity index (χ0) is 76.7. The van der Waals surface area contributed by atoms with Gasteiger partial charge in [0, 0.05) is 143 Å². The number of ether oxygens (including phenoxy) is 8. The number of hydrogen-bond donors (Lipinski definition) is 28. The SMILES string of the molecule is O=C(CCN(CCC(=O)NCCNC(=S)NCCO[C@H]1O[C@H](CO)[C@@H](O)[C@H](O)[C@@H]1O)CCN(CCC(=O)NCCNC(=S)NCCO[C@H]1O[C@H](CO)[C@@H](O)[C@H](O)[C@@H]1O)CCC(=O)NCCNC(=S)NCCO[C@H]1O[C@H](CO)[C@@H](O)[C@H](O)[C@@H]1O)NCCNC(=S)NCCO[C@H]1O[C@H](CO)[C@@H](O)[C@H](O)[C@@H]1O. The minimum absolute atomic E-state index is 0.0157. The molecule has 0 bridgehead atoms. The van der Waals surface area contributed by atoms with E-state index in [2.05, 4.69) is 63.8 Å². The van der Waals surface area contributed by atoms with E-state index in [-0.39, 0.29) is 214 Å². The molecule has 4 rings (SSSR count). The van der Waals surface area contributed by atoms with E-state index < -0.39 is 149 Å². The molecule has 0 unspecified atom stereocenters. The third-order valence-electron chi connectivity index (χ3n) is 16.4. The third kappa shape index (κ3) is 33.6. The minimum Gasteiger partial charge on any atom is -0.394 e. The van der Waals surface area contributed by atoms with Crippen LogP contribution in [0.2, 0.25) is 0 Å². The lowest BCUT2D eigenvalue weighted by molar-refractivity contribution is -0.300. The predicted molar refractivity (Wildman–Crippen MR) is 377 cm³/mol. The number of thiocarbonyl (C=S) groups is 4. The Balaban J connectivity index is 1.30. The number of nitrogens with one attached hydrogen (secondary N) is 12. The largest absolute Gasteiger partial charge is 0.394 e. The van der Waals surface area contributed by atoms with Gasteiger partial charge < -0.3 is 193 Å². The fourth-order valence-electron chi connectivity index (χ4n) is 10.3. The molecule has 0 aromatic heterocycles. The molecule has 0 aromatic rings. The maximum absolute atomic E-state index is 13.3. The van der Waals surface area contributed by atoms with Crippen LogP contribution < -0.4 is 63.8 Å². The lowest BCUT2D eigenvalue weighted by Crippen LogP contribution is -2.59. The molecule has 4 fully saturated rings. The van der Waals surface area contributed by atoms with Crippen molar-refractivity contribution in [3.8, 4) is 0 Å². The topological polar surface area (TPSA) is 617 Å². The third-order valence-corrected chi connectivity index (χ3v) is 17.5. The van der Waals surface area contributed by atoms with Crippen molar-refractivity contribution in [2.24, 2.45) is 0 Å². The number of carbonyl (C=O) groups is 4. The molecule has 4 saturated heterocycles. The summed E-state index contributed by atoms with van der Waals surface area (Å²) in [7, 11) is 0. The van der Waals surface area contributed by atoms with E-state index in [1.54, 1.807) is 0 Å². The Kier molecular flexibility index (Phi) is 45.2. The van der Waals surface area contributed by atoms with Crippen molar-refractivity contribution in [2.75, 3.05) is 171 Å². The van der Waals surface area contributed by atoms with Crippen molar-refractivity contribution in [2.45, 2.75) is 149 Å². The van der Waals surface area contributed by atoms with E-state index in [4.69, 9.17) is 86.8 Å². The molecule has 4 heterocycles. The number of carbonyl (C=O) groups excluding carboxylic acids is 4. The van der Waals surface area contributed by atoms with Gasteiger partial charge in [-0.1, -0.05) is 0 Å². The molecular formula is C58H108N14O28S4. The summed E-state index contributed by atoms with van der Waals surface area (Å²) in [5.41, 5.74) is 0. The summed E-state index contributed by atoms with van der Waals surface area (Å²) >= 11 is 21.3. The number of aliphatic hydroxyl groups is 16. The summed E-state index contributed by atoms with van der Waals surface area (Å²) in [5, 5.41) is 194. The highest BCUT2D eigenvalue weighted by Crippen LogP contribution is 2.25. The van der Waals surface area contributed by atoms with E-state index in [1.807, 2.05) is 9.80 Å². The molecule has 20 atom stereocenters. The van der Waals surface area contributed by atoms with Crippen LogP contribution in [0.3, 0.4) is 0 Å². The highest BCUT2D eigenvalue weighted by Gasteiger charge is 2.47. The summed E-state index contributed by atoms with van der Waals surface area (Å²) in [6.07, 6.45) is -28.8. The summed E-state index contributed by atoms with van der Waals surface area (Å²) < 4.78 is 43.2. The number of nitrogens with zero attached hydrogens (tertiary/aromatic N) is 2. The second-order valence-corrected chi connectivity index (χ2v) is 25.7. The first-order chi connectivity index (χ1) is 49.7. The monoisotopic (exact) mass is 1580 g/mol. The van der Waals surface area contributed by atoms with Crippen molar-refractivity contribution in [1.29, 1.82) is 0 Å². The van der Waals surface area contributed by atoms with Crippen molar-refractivity contribution in [3.63, 3.8) is 0 Å². The normalized spacial score (nSPS) is 29.1. The van der Waals surface area contributed by atoms with Gasteiger partial charge in [-0.05, 0) is 48.9 Å². The zero-order valence-electron chi connectivity index (χ0n) is 57.3. The van der Waals surface area contributed by atoms with Crippen molar-refractivity contribution in [3.05, 3.63) is 0 Å². The fourth-order valence-corrected chi connectivity index (χ4v) is 11.1. The molecule has 42 nitrogen and oxygen atoms in total. The molecule has 28 N–H and O–H groups in total. The Labute approximate surface area is 621 Å². The molecule has 0 saturated carbocycles. The molecule has 0 aromatic carbocycles. The maximum Gasteiger partial charge on any atom is 0.221 e. The van der Waals surface area contributed by atoms with Gasteiger partial charge in [0.05, 0.1) is 52.9 Å². The van der Waals surface area contributed by atoms with Crippen molar-refractivity contribution >= 4 is 92.9 Å². The van der Waals surface area contributed by atoms with E-state index in [0.29, 0.717) is 0 Å². The van der Waals surface area contributed by atoms with Crippen LogP contribution in [0.5, 0.6) is 0 Å². The second kappa shape index (κ2) is 51.1. The van der Waals surface area contributed by atoms with Gasteiger partial charge in [-0.15, -0.1) is 0 Å². The van der Waals surface area contributed by atoms with Gasteiger partial charge in [-0.3, -0.25) is 19.2 Å². The van der Waals surface area contributed by atoms with Gasteiger partial charge >= 0.3 is 0 Å². The van der Waals surface area contributed by atoms with E-state index >= 15 is 0 Å². The van der Waals surface area contributed by atoms with Crippen LogP contribution in [0.4, 0.5) is 0 Å². The van der Waals surface area contributed by atoms with Crippen LogP contribution in [0.15, 0.2) is 0 Å². The molecule has 46 heteroatoms. The van der Waals surface area contributed by atoms with Gasteiger partial charge in [0.2, 0.25) is 23.6 Å². The quantitative estimate of drug-likeness (QED) is 0.0199. The average molecular weight is 1580 g/mol. The number of rotatable bonds is 47. The van der Waals surface area contributed by atoms with E-state index in [0.717, 1.165) is 0 Å². The minimum atomic E-state index is -1.61. The summed E-state index contributed by atoms with van der Waals surface area (Å²) in [6, 6.07) is 0. The lowest BCUT2D eigenvalue weighted by atomic mass is 9.99. The molecule has 0 spiro atoms. The average Bonchev–Trinajstić information content (AvgIpc) is 0.842. The summed E-state index contributed by atoms with van der Waals surface area (Å²) in [5.74, 6) is -1.36. The van der Waals surface area contributed by atoms with Gasteiger partial charge in [0.25, 0.3) is 0 Å². The smallest absolute Gasteiger partial charge is 0.221 e. The van der Waals surface area contributed by atoms with Gasteiger partial charge in [0.15, 0.2) is 45.6 Å². The maximum atomic E-state index is 13.3. The van der Waals surface area contributed by atoms with Gasteiger partial charge in [0.1, 0.15) is 97.7 Å². The summed E-state index contributed by atoms with van der Waals surface area (Å²) in [6.45, 7) is 0.387. The van der Waals surface area contributed by atoms with Crippen LogP contribution in [-0.4, -0.2) is 429 Å². The van der Waals surface area contributed by atoms with Crippen molar-refractivity contribution in [1.82, 2.24) is 73.6 Å². The second-order valence-electron chi connectivity index (χ2n) is 24.1. The molecule has 0 aliphatic carbocycles. The van der Waals surface area contributed by atoms with Crippen LogP contribution in [0.1, 0.15) is 25.7 Å². The highest BCUT2D eigenvalue weighted by atomic mass is 32.1. The molecule has 4 amide bonds. The van der Waals surface area contributed by atoms with Crippen molar-refractivity contribution < 1.29 is 139 Å². The Morgan fingerprint density at radius 1 is 0.269 bits per heavy atom. The molecule has 104 heavy (non-hydrogen) atoms. The standard InChI is InChI=1S/C58H108N14O28S4/c73-27-31-39(81)43(85)47(89)51(97-31)93-23-13-67-55(101)63-9-5-59-35(77)1-17-71(18-2-36(78)60-6-10-64-56(102)68-14-24-94-52-48(90)44(86)40(82)32(28-74)98-52)21-22-72(19-3-37(79)61-7-11-65-57(103)69-15-25-95-53-49(91)45(87)41(83)33(29-75)99-53)20-4-38(80)62-8-12-66-58(104)70-16-26-96-54-50(92)46(88)42(84)34(30-76)100-54/h31-34,39-54,73-76,81-92H,1-30H2,(H,59,77)(H,60,78)(H,61,79)(H,62,80)(H2,63,67,101)(H2,64,68,102)(H2,65,69,103)(H2,66,70,104)/t31-,32-,33-,34-,39-,40-,41-,42-,43+,44+,45+,46+,47+,48+,49+,50+,51+,52+,53+,54+/m1/s1. The molecule has 4 aliphatic heterocycles. The lowest BCUT2D eigenvalue weighted by Gasteiger charge is -2.39. The molecular weight excluding hydrogens is 1470 g/mol. The predicted octanol–water partition coefficient (Wildman–Crippen LogP) is -15.3. The van der Waals surface area contributed by atoms with Crippen LogP contribution >= 0.6 is 48.9 Å². The highest BCUT2D eigenvalue weighted by molar-refractivity contribution is 7.80. The summed E-state index contributed by atoms with van der Waals surface area (Å²) in [4.78, 5) is 56.9. The Morgan fingerprint density at radius 2 is 0.452 bits per heavy atom. The fraction of sp³-hybridized carbons (Fsp3) is 0.862. The van der Waals surface area contributed by atoms with Crippen LogP contribution in [0.25, 0.3) is 0 Å². The van der Waals surface area contributed by atoms with Crippen LogP contribution in [-0.2, 0) is 57.1 Å². The molecule has 0 radical (unpaired) electrons. The Morgan fingerprint density at radius 3 is 0.644 bits per heavy atom. The Bertz CT molecular complexity index is 2210. The first kappa shape index (κ1) is 92.0. The van der Waals surface area contributed by atoms with E-state index in [1.165, 1.54) is 0 Å². The zero-order valence-corrected chi connectivity index (χ0v) is 60.6. The first-order valence-electron chi connectivity index (χ1n) is 34.0. The number of hydrogen-bond acceptors (Lipinski definition) is 34. The van der Waals surface area contributed by atoms with Crippen LogP contribution in [0, 0.1) is 0 Å². The molecule has 4 aliphatic rings. The number of amides is 4.